The standard InChI is InChI=1S/C16H13BrClFN2/c1-21-9-10(12-4-2-3-5-15(12)21)8-20-16-13(17)6-11(19)7-14(16)18/h2-7,9,20H,8H2,1H3. The molecule has 2 aromatic carbocycles. The van der Waals surface area contributed by atoms with E-state index in [9.17, 15) is 4.39 Å². The van der Waals surface area contributed by atoms with Crippen molar-refractivity contribution >= 4 is 44.1 Å². The van der Waals surface area contributed by atoms with E-state index in [1.165, 1.54) is 28.6 Å². The Balaban J connectivity index is 1.91. The maximum atomic E-state index is 13.2. The van der Waals surface area contributed by atoms with E-state index in [1.807, 2.05) is 19.2 Å². The number of rotatable bonds is 3. The molecule has 0 spiro atoms. The topological polar surface area (TPSA) is 17.0 Å². The van der Waals surface area contributed by atoms with Crippen LogP contribution in [0.4, 0.5) is 10.1 Å². The molecule has 3 rings (SSSR count). The third-order valence-electron chi connectivity index (χ3n) is 3.44. The van der Waals surface area contributed by atoms with Crippen molar-refractivity contribution in [1.29, 1.82) is 0 Å². The molecule has 108 valence electrons. The number of nitrogens with zero attached hydrogens (tertiary/aromatic N) is 1. The number of anilines is 1. The molecule has 0 aliphatic carbocycles. The van der Waals surface area contributed by atoms with Gasteiger partial charge < -0.3 is 9.88 Å². The fourth-order valence-corrected chi connectivity index (χ4v) is 3.42. The minimum Gasteiger partial charge on any atom is -0.379 e. The number of hydrogen-bond acceptors (Lipinski definition) is 1. The molecule has 0 atom stereocenters. The quantitative estimate of drug-likeness (QED) is 0.660. The molecule has 0 fully saturated rings. The average Bonchev–Trinajstić information content (AvgIpc) is 2.75. The molecule has 5 heteroatoms. The van der Waals surface area contributed by atoms with Crippen molar-refractivity contribution in [2.45, 2.75) is 6.54 Å². The summed E-state index contributed by atoms with van der Waals surface area (Å²) in [5, 5.41) is 4.83. The predicted octanol–water partition coefficient (Wildman–Crippen LogP) is 5.35. The first-order valence-electron chi connectivity index (χ1n) is 6.47. The summed E-state index contributed by atoms with van der Waals surface area (Å²) < 4.78 is 15.9. The van der Waals surface area contributed by atoms with Crippen LogP contribution in [0.3, 0.4) is 0 Å². The van der Waals surface area contributed by atoms with Crippen molar-refractivity contribution in [3.8, 4) is 0 Å². The van der Waals surface area contributed by atoms with Gasteiger partial charge in [0.2, 0.25) is 0 Å². The summed E-state index contributed by atoms with van der Waals surface area (Å²) in [7, 11) is 2.02. The molecule has 3 aromatic rings. The van der Waals surface area contributed by atoms with Gasteiger partial charge in [0.15, 0.2) is 0 Å². The normalized spacial score (nSPS) is 11.0. The second kappa shape index (κ2) is 5.70. The smallest absolute Gasteiger partial charge is 0.125 e. The Hall–Kier alpha value is -1.52. The fraction of sp³-hybridized carbons (Fsp3) is 0.125. The zero-order valence-electron chi connectivity index (χ0n) is 11.3. The van der Waals surface area contributed by atoms with E-state index in [-0.39, 0.29) is 5.82 Å². The van der Waals surface area contributed by atoms with E-state index >= 15 is 0 Å². The van der Waals surface area contributed by atoms with E-state index in [2.05, 4.69) is 44.1 Å². The molecule has 1 aromatic heterocycles. The van der Waals surface area contributed by atoms with E-state index in [0.29, 0.717) is 21.7 Å². The second-order valence-electron chi connectivity index (χ2n) is 4.88. The second-order valence-corrected chi connectivity index (χ2v) is 6.14. The van der Waals surface area contributed by atoms with Crippen LogP contribution >= 0.6 is 27.5 Å². The highest BCUT2D eigenvalue weighted by Gasteiger charge is 2.10. The molecule has 1 heterocycles. The molecule has 1 N–H and O–H groups in total. The third kappa shape index (κ3) is 2.78. The lowest BCUT2D eigenvalue weighted by Gasteiger charge is -2.10. The Morgan fingerprint density at radius 3 is 2.81 bits per heavy atom. The van der Waals surface area contributed by atoms with Crippen LogP contribution in [0.2, 0.25) is 5.02 Å². The molecule has 0 amide bonds. The van der Waals surface area contributed by atoms with Gasteiger partial charge in [-0.3, -0.25) is 0 Å². The Labute approximate surface area is 135 Å². The van der Waals surface area contributed by atoms with Gasteiger partial charge in [0.05, 0.1) is 10.7 Å². The highest BCUT2D eigenvalue weighted by atomic mass is 79.9. The number of aromatic nitrogens is 1. The summed E-state index contributed by atoms with van der Waals surface area (Å²) in [6, 6.07) is 10.9. The highest BCUT2D eigenvalue weighted by molar-refractivity contribution is 9.10. The first-order chi connectivity index (χ1) is 10.1. The van der Waals surface area contributed by atoms with Crippen molar-refractivity contribution in [2.75, 3.05) is 5.32 Å². The first-order valence-corrected chi connectivity index (χ1v) is 7.64. The molecule has 0 radical (unpaired) electrons. The number of benzene rings is 2. The molecule has 0 aliphatic rings. The van der Waals surface area contributed by atoms with Crippen molar-refractivity contribution in [1.82, 2.24) is 4.57 Å². The van der Waals surface area contributed by atoms with Crippen LogP contribution in [0.15, 0.2) is 47.1 Å². The van der Waals surface area contributed by atoms with Crippen LogP contribution < -0.4 is 5.32 Å². The molecule has 21 heavy (non-hydrogen) atoms. The molecule has 0 bridgehead atoms. The Kier molecular flexibility index (Phi) is 3.91. The van der Waals surface area contributed by atoms with Gasteiger partial charge in [-0.1, -0.05) is 29.8 Å². The summed E-state index contributed by atoms with van der Waals surface area (Å²) in [6.45, 7) is 0.616. The Bertz CT molecular complexity index is 790. The molecule has 2 nitrogen and oxygen atoms in total. The Morgan fingerprint density at radius 2 is 2.05 bits per heavy atom. The van der Waals surface area contributed by atoms with Gasteiger partial charge in [0.1, 0.15) is 5.82 Å². The summed E-state index contributed by atoms with van der Waals surface area (Å²) >= 11 is 9.42. The number of hydrogen-bond donors (Lipinski definition) is 1. The van der Waals surface area contributed by atoms with Gasteiger partial charge in [0.25, 0.3) is 0 Å². The van der Waals surface area contributed by atoms with Gasteiger partial charge in [-0.15, -0.1) is 0 Å². The van der Waals surface area contributed by atoms with Crippen LogP contribution in [0.25, 0.3) is 10.9 Å². The van der Waals surface area contributed by atoms with Crippen LogP contribution in [-0.4, -0.2) is 4.57 Å². The largest absolute Gasteiger partial charge is 0.379 e. The van der Waals surface area contributed by atoms with Gasteiger partial charge in [-0.2, -0.15) is 0 Å². The van der Waals surface area contributed by atoms with Crippen molar-refractivity contribution in [2.24, 2.45) is 7.05 Å². The molecule has 0 saturated heterocycles. The third-order valence-corrected chi connectivity index (χ3v) is 4.37. The lowest BCUT2D eigenvalue weighted by Crippen LogP contribution is -2.00. The van der Waals surface area contributed by atoms with E-state index in [0.717, 1.165) is 0 Å². The van der Waals surface area contributed by atoms with Crippen molar-refractivity contribution < 1.29 is 4.39 Å². The van der Waals surface area contributed by atoms with Crippen LogP contribution in [0, 0.1) is 5.82 Å². The van der Waals surface area contributed by atoms with E-state index < -0.39 is 0 Å². The van der Waals surface area contributed by atoms with Crippen LogP contribution in [-0.2, 0) is 13.6 Å². The highest BCUT2D eigenvalue weighted by Crippen LogP contribution is 2.32. The summed E-state index contributed by atoms with van der Waals surface area (Å²) in [5.74, 6) is -0.359. The predicted molar refractivity (Wildman–Crippen MR) is 89.4 cm³/mol. The minimum atomic E-state index is -0.359. The minimum absolute atomic E-state index is 0.359. The first kappa shape index (κ1) is 14.4. The maximum absolute atomic E-state index is 13.2. The molecule has 0 saturated carbocycles. The molecular formula is C16H13BrClFN2. The van der Waals surface area contributed by atoms with Gasteiger partial charge in [-0.05, 0) is 39.7 Å². The lowest BCUT2D eigenvalue weighted by atomic mass is 10.2. The average molecular weight is 368 g/mol. The number of aryl methyl sites for hydroxylation is 1. The number of nitrogens with one attached hydrogen (secondary N) is 1. The summed E-state index contributed by atoms with van der Waals surface area (Å²) in [6.07, 6.45) is 2.09. The van der Waals surface area contributed by atoms with Crippen LogP contribution in [0.1, 0.15) is 5.56 Å². The SMILES string of the molecule is Cn1cc(CNc2c(Cl)cc(F)cc2Br)c2ccccc21. The number of halogens is 3. The van der Waals surface area contributed by atoms with E-state index in [4.69, 9.17) is 11.6 Å². The molecule has 0 aliphatic heterocycles. The molecular weight excluding hydrogens is 355 g/mol. The van der Waals surface area contributed by atoms with Gasteiger partial charge >= 0.3 is 0 Å². The monoisotopic (exact) mass is 366 g/mol. The van der Waals surface area contributed by atoms with Crippen molar-refractivity contribution in [3.63, 3.8) is 0 Å². The fourth-order valence-electron chi connectivity index (χ4n) is 2.46. The summed E-state index contributed by atoms with van der Waals surface area (Å²) in [4.78, 5) is 0. The lowest BCUT2D eigenvalue weighted by molar-refractivity contribution is 0.627. The summed E-state index contributed by atoms with van der Waals surface area (Å²) in [5.41, 5.74) is 3.05. The number of para-hydroxylation sites is 1. The van der Waals surface area contributed by atoms with Crippen LogP contribution in [0.5, 0.6) is 0 Å². The maximum Gasteiger partial charge on any atom is 0.125 e. The van der Waals surface area contributed by atoms with E-state index in [1.54, 1.807) is 0 Å². The van der Waals surface area contributed by atoms with Gasteiger partial charge in [0, 0.05) is 35.2 Å². The van der Waals surface area contributed by atoms with Crippen molar-refractivity contribution in [3.05, 3.63) is 63.5 Å². The Morgan fingerprint density at radius 1 is 1.29 bits per heavy atom. The zero-order chi connectivity index (χ0) is 15.0. The van der Waals surface area contributed by atoms with Gasteiger partial charge in [-0.25, -0.2) is 4.39 Å². The zero-order valence-corrected chi connectivity index (χ0v) is 13.7. The molecule has 0 unspecified atom stereocenters. The number of fused-ring (bicyclic) bond motifs is 1.